The third-order valence-electron chi connectivity index (χ3n) is 6.62. The quantitative estimate of drug-likeness (QED) is 0.471. The summed E-state index contributed by atoms with van der Waals surface area (Å²) in [4.78, 5) is 9.48. The Balaban J connectivity index is 1.29. The fourth-order valence-corrected chi connectivity index (χ4v) is 5.88. The second-order valence-corrected chi connectivity index (χ2v) is 9.57. The minimum absolute atomic E-state index is 0.307. The van der Waals surface area contributed by atoms with Crippen LogP contribution in [0.25, 0.3) is 16.6 Å². The maximum Gasteiger partial charge on any atom is 0.141 e. The van der Waals surface area contributed by atoms with Crippen LogP contribution in [0.4, 0.5) is 11.5 Å². The van der Waals surface area contributed by atoms with E-state index in [0.717, 1.165) is 46.1 Å². The third kappa shape index (κ3) is 2.46. The van der Waals surface area contributed by atoms with E-state index in [2.05, 4.69) is 47.3 Å². The van der Waals surface area contributed by atoms with Gasteiger partial charge in [0.2, 0.25) is 0 Å². The van der Waals surface area contributed by atoms with E-state index >= 15 is 0 Å². The number of hydrogen-bond acceptors (Lipinski definition) is 6. The summed E-state index contributed by atoms with van der Waals surface area (Å²) in [5.41, 5.74) is 5.05. The van der Waals surface area contributed by atoms with Crippen LogP contribution in [-0.4, -0.2) is 43.3 Å². The number of hydrogen-bond donors (Lipinski definition) is 0. The van der Waals surface area contributed by atoms with Gasteiger partial charge in [-0.3, -0.25) is 4.68 Å². The van der Waals surface area contributed by atoms with E-state index in [4.69, 9.17) is 11.6 Å². The van der Waals surface area contributed by atoms with Crippen molar-refractivity contribution in [3.05, 3.63) is 46.6 Å². The lowest BCUT2D eigenvalue weighted by Crippen LogP contribution is -2.37. The fourth-order valence-electron chi connectivity index (χ4n) is 5.07. The highest BCUT2D eigenvalue weighted by molar-refractivity contribution is 7.07. The van der Waals surface area contributed by atoms with Crippen LogP contribution in [0.5, 0.6) is 0 Å². The number of thiazole rings is 1. The maximum absolute atomic E-state index is 6.77. The molecule has 152 valence electrons. The molecule has 7 rings (SSSR count). The van der Waals surface area contributed by atoms with Crippen LogP contribution in [0.15, 0.2) is 41.6 Å². The number of nitrogens with zero attached hydrogens (tertiary/aromatic N) is 7. The second-order valence-electron chi connectivity index (χ2n) is 8.45. The van der Waals surface area contributed by atoms with Gasteiger partial charge in [0, 0.05) is 17.3 Å². The monoisotopic (exact) mass is 437 g/mol. The predicted molar refractivity (Wildman–Crippen MR) is 119 cm³/mol. The summed E-state index contributed by atoms with van der Waals surface area (Å²) in [7, 11) is 0. The zero-order valence-electron chi connectivity index (χ0n) is 16.2. The van der Waals surface area contributed by atoms with Crippen molar-refractivity contribution >= 4 is 45.3 Å². The Morgan fingerprint density at radius 1 is 1.03 bits per heavy atom. The molecule has 1 saturated carbocycles. The predicted octanol–water partition coefficient (Wildman–Crippen LogP) is 4.48. The Morgan fingerprint density at radius 2 is 1.93 bits per heavy atom. The minimum atomic E-state index is 0.307. The first-order chi connectivity index (χ1) is 14.8. The van der Waals surface area contributed by atoms with Crippen molar-refractivity contribution in [3.8, 4) is 5.69 Å². The van der Waals surface area contributed by atoms with E-state index in [9.17, 15) is 0 Å². The van der Waals surface area contributed by atoms with Crippen LogP contribution in [-0.2, 0) is 0 Å². The summed E-state index contributed by atoms with van der Waals surface area (Å²) in [6.07, 6.45) is 11.0. The molecule has 3 aromatic heterocycles. The highest BCUT2D eigenvalue weighted by Gasteiger charge is 2.46. The molecule has 7 nitrogen and oxygen atoms in total. The highest BCUT2D eigenvalue weighted by Crippen LogP contribution is 2.43. The first-order valence-corrected chi connectivity index (χ1v) is 11.7. The molecule has 30 heavy (non-hydrogen) atoms. The fraction of sp³-hybridized carbons (Fsp3) is 0.381. The van der Waals surface area contributed by atoms with Gasteiger partial charge in [0.25, 0.3) is 0 Å². The third-order valence-corrected chi connectivity index (χ3v) is 7.50. The lowest BCUT2D eigenvalue weighted by atomic mass is 10.1. The SMILES string of the molecule is Clc1cc2cnn(-c3cnn(C4CC4)c3)c2cc1N1CC2CCC1N2c1cscn1. The van der Waals surface area contributed by atoms with Crippen molar-refractivity contribution in [2.45, 2.75) is 43.9 Å². The van der Waals surface area contributed by atoms with Gasteiger partial charge in [0.1, 0.15) is 17.7 Å². The van der Waals surface area contributed by atoms with Gasteiger partial charge in [-0.05, 0) is 37.8 Å². The smallest absolute Gasteiger partial charge is 0.141 e. The molecule has 2 aliphatic heterocycles. The van der Waals surface area contributed by atoms with Gasteiger partial charge < -0.3 is 9.80 Å². The summed E-state index contributed by atoms with van der Waals surface area (Å²) in [6.45, 7) is 0.973. The van der Waals surface area contributed by atoms with Gasteiger partial charge in [-0.2, -0.15) is 10.2 Å². The number of rotatable bonds is 4. The first-order valence-electron chi connectivity index (χ1n) is 10.4. The number of benzene rings is 1. The number of piperidine rings is 1. The zero-order valence-corrected chi connectivity index (χ0v) is 17.8. The maximum atomic E-state index is 6.77. The summed E-state index contributed by atoms with van der Waals surface area (Å²) in [5.74, 6) is 1.09. The molecule has 0 spiro atoms. The van der Waals surface area contributed by atoms with Gasteiger partial charge in [-0.15, -0.1) is 11.3 Å². The molecule has 4 aromatic rings. The van der Waals surface area contributed by atoms with Gasteiger partial charge in [0.15, 0.2) is 0 Å². The molecule has 2 saturated heterocycles. The molecular weight excluding hydrogens is 418 g/mol. The summed E-state index contributed by atoms with van der Waals surface area (Å²) in [6, 6.07) is 5.28. The molecule has 1 aliphatic carbocycles. The first kappa shape index (κ1) is 17.1. The Hall–Kier alpha value is -2.58. The summed E-state index contributed by atoms with van der Waals surface area (Å²) >= 11 is 8.43. The molecule has 1 aromatic carbocycles. The number of aromatic nitrogens is 5. The molecule has 0 amide bonds. The Kier molecular flexibility index (Phi) is 3.55. The average Bonchev–Trinajstić information content (AvgIpc) is 3.26. The van der Waals surface area contributed by atoms with Crippen LogP contribution in [0.2, 0.25) is 5.02 Å². The average molecular weight is 438 g/mol. The van der Waals surface area contributed by atoms with Crippen LogP contribution >= 0.6 is 22.9 Å². The number of fused-ring (bicyclic) bond motifs is 3. The molecular formula is C21H20ClN7S. The van der Waals surface area contributed by atoms with Crippen LogP contribution in [0.1, 0.15) is 31.7 Å². The minimum Gasteiger partial charge on any atom is -0.348 e. The van der Waals surface area contributed by atoms with Crippen molar-refractivity contribution < 1.29 is 0 Å². The molecule has 5 heterocycles. The lowest BCUT2D eigenvalue weighted by molar-refractivity contribution is 0.609. The molecule has 0 radical (unpaired) electrons. The number of anilines is 2. The molecule has 2 bridgehead atoms. The molecule has 2 atom stereocenters. The van der Waals surface area contributed by atoms with E-state index in [1.165, 1.54) is 19.3 Å². The van der Waals surface area contributed by atoms with Crippen LogP contribution < -0.4 is 9.80 Å². The standard InChI is InChI=1S/C21H20ClN7S/c22-17-5-13-7-25-29(16-8-24-27(10-16)14-1-2-14)18(13)6-19(17)26-9-15-3-4-21(26)28(15)20-11-30-12-23-20/h5-8,10-12,14-15,21H,1-4,9H2. The van der Waals surface area contributed by atoms with Crippen molar-refractivity contribution in [3.63, 3.8) is 0 Å². The van der Waals surface area contributed by atoms with E-state index in [-0.39, 0.29) is 0 Å². The van der Waals surface area contributed by atoms with Gasteiger partial charge in [-0.25, -0.2) is 9.67 Å². The van der Waals surface area contributed by atoms with Crippen LogP contribution in [0, 0.1) is 0 Å². The Labute approximate surface area is 182 Å². The molecule has 3 fully saturated rings. The van der Waals surface area contributed by atoms with Crippen molar-refractivity contribution in [2.24, 2.45) is 0 Å². The zero-order chi connectivity index (χ0) is 19.8. The van der Waals surface area contributed by atoms with Gasteiger partial charge >= 0.3 is 0 Å². The highest BCUT2D eigenvalue weighted by atomic mass is 35.5. The van der Waals surface area contributed by atoms with Crippen molar-refractivity contribution in [1.82, 2.24) is 24.5 Å². The normalized spacial score (nSPS) is 23.2. The topological polar surface area (TPSA) is 55.0 Å². The van der Waals surface area contributed by atoms with Crippen molar-refractivity contribution in [1.29, 1.82) is 0 Å². The Morgan fingerprint density at radius 3 is 2.77 bits per heavy atom. The lowest BCUT2D eigenvalue weighted by Gasteiger charge is -2.30. The van der Waals surface area contributed by atoms with Gasteiger partial charge in [-0.1, -0.05) is 11.6 Å². The summed E-state index contributed by atoms with van der Waals surface area (Å²) in [5, 5.41) is 13.1. The van der Waals surface area contributed by atoms with E-state index in [0.29, 0.717) is 18.2 Å². The number of halogens is 1. The molecule has 3 aliphatic rings. The van der Waals surface area contributed by atoms with Crippen LogP contribution in [0.3, 0.4) is 0 Å². The van der Waals surface area contributed by atoms with Crippen molar-refractivity contribution in [2.75, 3.05) is 16.3 Å². The molecule has 9 heteroatoms. The largest absolute Gasteiger partial charge is 0.348 e. The Bertz CT molecular complexity index is 1240. The molecule has 2 unspecified atom stereocenters. The van der Waals surface area contributed by atoms with E-state index < -0.39 is 0 Å². The second kappa shape index (κ2) is 6.21. The van der Waals surface area contributed by atoms with Gasteiger partial charge in [0.05, 0.1) is 52.4 Å². The van der Waals surface area contributed by atoms with E-state index in [1.807, 2.05) is 28.7 Å². The molecule has 0 N–H and O–H groups in total. The van der Waals surface area contributed by atoms with E-state index in [1.54, 1.807) is 11.3 Å². The summed E-state index contributed by atoms with van der Waals surface area (Å²) < 4.78 is 4.04.